The Morgan fingerprint density at radius 1 is 1.14 bits per heavy atom. The van der Waals surface area contributed by atoms with Gasteiger partial charge in [-0.2, -0.15) is 0 Å². The molecule has 1 atom stereocenters. The van der Waals surface area contributed by atoms with Crippen LogP contribution in [0.5, 0.6) is 0 Å². The van der Waals surface area contributed by atoms with Crippen LogP contribution in [-0.2, 0) is 16.0 Å². The SMILES string of the molecule is O=C(/C=C/c1ccccc1)NCC1OCCc2ccccc21. The fourth-order valence-electron chi connectivity index (χ4n) is 2.63. The zero-order valence-corrected chi connectivity index (χ0v) is 12.4. The van der Waals surface area contributed by atoms with Gasteiger partial charge >= 0.3 is 0 Å². The molecule has 1 N–H and O–H groups in total. The number of rotatable bonds is 4. The minimum atomic E-state index is -0.101. The van der Waals surface area contributed by atoms with Crippen molar-refractivity contribution < 1.29 is 9.53 Å². The molecule has 1 amide bonds. The van der Waals surface area contributed by atoms with Crippen LogP contribution in [0.4, 0.5) is 0 Å². The van der Waals surface area contributed by atoms with Gasteiger partial charge in [-0.1, -0.05) is 54.6 Å². The molecule has 1 heterocycles. The fourth-order valence-corrected chi connectivity index (χ4v) is 2.63. The van der Waals surface area contributed by atoms with E-state index in [0.717, 1.165) is 12.0 Å². The number of carbonyl (C=O) groups is 1. The number of hydrogen-bond acceptors (Lipinski definition) is 2. The Balaban J connectivity index is 1.57. The van der Waals surface area contributed by atoms with E-state index in [9.17, 15) is 4.79 Å². The molecule has 112 valence electrons. The zero-order chi connectivity index (χ0) is 15.2. The van der Waals surface area contributed by atoms with Crippen molar-refractivity contribution in [3.8, 4) is 0 Å². The molecular formula is C19H19NO2. The number of nitrogens with one attached hydrogen (secondary N) is 1. The van der Waals surface area contributed by atoms with Crippen molar-refractivity contribution in [2.45, 2.75) is 12.5 Å². The molecule has 2 aromatic rings. The first kappa shape index (κ1) is 14.5. The van der Waals surface area contributed by atoms with E-state index in [4.69, 9.17) is 4.74 Å². The number of fused-ring (bicyclic) bond motifs is 1. The Hall–Kier alpha value is -2.39. The van der Waals surface area contributed by atoms with Gasteiger partial charge in [-0.3, -0.25) is 4.79 Å². The van der Waals surface area contributed by atoms with Crippen molar-refractivity contribution in [1.82, 2.24) is 5.32 Å². The number of hydrogen-bond donors (Lipinski definition) is 1. The summed E-state index contributed by atoms with van der Waals surface area (Å²) in [7, 11) is 0. The van der Waals surface area contributed by atoms with Gasteiger partial charge in [0.2, 0.25) is 5.91 Å². The Kier molecular flexibility index (Phi) is 4.66. The summed E-state index contributed by atoms with van der Waals surface area (Å²) < 4.78 is 5.78. The number of benzene rings is 2. The summed E-state index contributed by atoms with van der Waals surface area (Å²) >= 11 is 0. The predicted molar refractivity (Wildman–Crippen MR) is 87.3 cm³/mol. The normalized spacial score (nSPS) is 17.2. The van der Waals surface area contributed by atoms with Crippen LogP contribution in [0.15, 0.2) is 60.7 Å². The summed E-state index contributed by atoms with van der Waals surface area (Å²) in [5.41, 5.74) is 3.51. The van der Waals surface area contributed by atoms with Crippen molar-refractivity contribution in [2.75, 3.05) is 13.2 Å². The highest BCUT2D eigenvalue weighted by Gasteiger charge is 2.20. The van der Waals surface area contributed by atoms with Crippen LogP contribution in [0.25, 0.3) is 6.08 Å². The van der Waals surface area contributed by atoms with E-state index in [0.29, 0.717) is 13.2 Å². The van der Waals surface area contributed by atoms with Gasteiger partial charge in [-0.15, -0.1) is 0 Å². The van der Waals surface area contributed by atoms with Gasteiger partial charge in [0.15, 0.2) is 0 Å². The average molecular weight is 293 g/mol. The third-order valence-electron chi connectivity index (χ3n) is 3.78. The van der Waals surface area contributed by atoms with Crippen LogP contribution in [0.1, 0.15) is 22.8 Å². The summed E-state index contributed by atoms with van der Waals surface area (Å²) in [5.74, 6) is -0.101. The lowest BCUT2D eigenvalue weighted by Gasteiger charge is -2.26. The minimum Gasteiger partial charge on any atom is -0.371 e. The Bertz CT molecular complexity index is 664. The van der Waals surface area contributed by atoms with Crippen LogP contribution in [0, 0.1) is 0 Å². The molecule has 0 fully saturated rings. The summed E-state index contributed by atoms with van der Waals surface area (Å²) in [5, 5.41) is 2.91. The second-order valence-electron chi connectivity index (χ2n) is 5.30. The first-order valence-electron chi connectivity index (χ1n) is 7.53. The van der Waals surface area contributed by atoms with Crippen LogP contribution < -0.4 is 5.32 Å². The van der Waals surface area contributed by atoms with E-state index in [2.05, 4.69) is 17.4 Å². The Labute approximate surface area is 130 Å². The fraction of sp³-hybridized carbons (Fsp3) is 0.211. The summed E-state index contributed by atoms with van der Waals surface area (Å²) in [6.45, 7) is 1.20. The van der Waals surface area contributed by atoms with Gasteiger partial charge in [0.05, 0.1) is 6.61 Å². The van der Waals surface area contributed by atoms with E-state index >= 15 is 0 Å². The molecule has 1 aliphatic heterocycles. The van der Waals surface area contributed by atoms with E-state index in [1.807, 2.05) is 48.5 Å². The smallest absolute Gasteiger partial charge is 0.244 e. The zero-order valence-electron chi connectivity index (χ0n) is 12.4. The Morgan fingerprint density at radius 3 is 2.77 bits per heavy atom. The molecule has 0 aliphatic carbocycles. The second kappa shape index (κ2) is 7.05. The molecule has 0 spiro atoms. The molecule has 22 heavy (non-hydrogen) atoms. The maximum Gasteiger partial charge on any atom is 0.244 e. The first-order valence-corrected chi connectivity index (χ1v) is 7.53. The molecule has 1 aliphatic rings. The maximum atomic E-state index is 11.9. The van der Waals surface area contributed by atoms with Gasteiger partial charge < -0.3 is 10.1 Å². The van der Waals surface area contributed by atoms with Crippen LogP contribution >= 0.6 is 0 Å². The maximum absolute atomic E-state index is 11.9. The number of ether oxygens (including phenoxy) is 1. The topological polar surface area (TPSA) is 38.3 Å². The lowest BCUT2D eigenvalue weighted by Crippen LogP contribution is -2.30. The highest BCUT2D eigenvalue weighted by Crippen LogP contribution is 2.26. The quantitative estimate of drug-likeness (QED) is 0.880. The van der Waals surface area contributed by atoms with Crippen LogP contribution in [-0.4, -0.2) is 19.1 Å². The summed E-state index contributed by atoms with van der Waals surface area (Å²) in [4.78, 5) is 11.9. The molecule has 1 unspecified atom stereocenters. The second-order valence-corrected chi connectivity index (χ2v) is 5.30. The average Bonchev–Trinajstić information content (AvgIpc) is 2.59. The van der Waals surface area contributed by atoms with Gasteiger partial charge in [0.25, 0.3) is 0 Å². The Morgan fingerprint density at radius 2 is 1.91 bits per heavy atom. The molecule has 0 aromatic heterocycles. The van der Waals surface area contributed by atoms with Crippen molar-refractivity contribution in [1.29, 1.82) is 0 Å². The number of carbonyl (C=O) groups excluding carboxylic acids is 1. The highest BCUT2D eigenvalue weighted by atomic mass is 16.5. The molecule has 3 nitrogen and oxygen atoms in total. The molecule has 3 heteroatoms. The van der Waals surface area contributed by atoms with E-state index in [-0.39, 0.29) is 12.0 Å². The standard InChI is InChI=1S/C19H19NO2/c21-19(11-10-15-6-2-1-3-7-15)20-14-18-17-9-5-4-8-16(17)12-13-22-18/h1-11,18H,12-14H2,(H,20,21)/b11-10+. The van der Waals surface area contributed by atoms with Gasteiger partial charge in [-0.25, -0.2) is 0 Å². The lowest BCUT2D eigenvalue weighted by molar-refractivity contribution is -0.117. The van der Waals surface area contributed by atoms with Gasteiger partial charge in [0.1, 0.15) is 6.10 Å². The van der Waals surface area contributed by atoms with Gasteiger partial charge in [-0.05, 0) is 29.2 Å². The monoisotopic (exact) mass is 293 g/mol. The lowest BCUT2D eigenvalue weighted by atomic mass is 9.97. The molecule has 0 bridgehead atoms. The highest BCUT2D eigenvalue weighted by molar-refractivity contribution is 5.91. The number of amides is 1. The van der Waals surface area contributed by atoms with E-state index in [1.165, 1.54) is 11.1 Å². The van der Waals surface area contributed by atoms with Crippen molar-refractivity contribution >= 4 is 12.0 Å². The molecular weight excluding hydrogens is 274 g/mol. The van der Waals surface area contributed by atoms with E-state index < -0.39 is 0 Å². The predicted octanol–water partition coefficient (Wildman–Crippen LogP) is 3.13. The summed E-state index contributed by atoms with van der Waals surface area (Å²) in [6, 6.07) is 18.0. The van der Waals surface area contributed by atoms with Gasteiger partial charge in [0, 0.05) is 12.6 Å². The largest absolute Gasteiger partial charge is 0.371 e. The summed E-state index contributed by atoms with van der Waals surface area (Å²) in [6.07, 6.45) is 4.25. The minimum absolute atomic E-state index is 0.0565. The van der Waals surface area contributed by atoms with Crippen molar-refractivity contribution in [3.05, 3.63) is 77.4 Å². The molecule has 2 aromatic carbocycles. The molecule has 0 radical (unpaired) electrons. The van der Waals surface area contributed by atoms with E-state index in [1.54, 1.807) is 6.08 Å². The molecule has 0 saturated carbocycles. The van der Waals surface area contributed by atoms with Crippen LogP contribution in [0.2, 0.25) is 0 Å². The van der Waals surface area contributed by atoms with Crippen molar-refractivity contribution in [2.24, 2.45) is 0 Å². The third kappa shape index (κ3) is 3.62. The molecule has 0 saturated heterocycles. The molecule has 3 rings (SSSR count). The van der Waals surface area contributed by atoms with Crippen LogP contribution in [0.3, 0.4) is 0 Å². The third-order valence-corrected chi connectivity index (χ3v) is 3.78. The van der Waals surface area contributed by atoms with Crippen molar-refractivity contribution in [3.63, 3.8) is 0 Å². The first-order chi connectivity index (χ1) is 10.8.